The molecule has 0 radical (unpaired) electrons. The lowest BCUT2D eigenvalue weighted by Gasteiger charge is -2.30. The summed E-state index contributed by atoms with van der Waals surface area (Å²) in [5.41, 5.74) is 4.79. The van der Waals surface area contributed by atoms with E-state index in [0.717, 1.165) is 64.0 Å². The number of nitrogens with one attached hydrogen (secondary N) is 1. The maximum Gasteiger partial charge on any atom is 0.225 e. The molecule has 3 atom stereocenters. The molecule has 0 aromatic heterocycles. The number of hydrogen-bond acceptors (Lipinski definition) is 7. The Bertz CT molecular complexity index is 1150. The summed E-state index contributed by atoms with van der Waals surface area (Å²) in [7, 11) is 2.17. The predicted molar refractivity (Wildman–Crippen MR) is 147 cm³/mol. The summed E-state index contributed by atoms with van der Waals surface area (Å²) in [6.07, 6.45) is 3.41. The summed E-state index contributed by atoms with van der Waals surface area (Å²) < 4.78 is 11.4. The number of anilines is 1. The first-order chi connectivity index (χ1) is 18.5. The topological polar surface area (TPSA) is 77.5 Å². The first kappa shape index (κ1) is 25.5. The first-order valence-corrected chi connectivity index (χ1v) is 14.2. The third kappa shape index (κ3) is 5.48. The van der Waals surface area contributed by atoms with Gasteiger partial charge in [0.15, 0.2) is 11.5 Å². The van der Waals surface area contributed by atoms with Crippen molar-refractivity contribution in [2.24, 2.45) is 5.92 Å². The van der Waals surface area contributed by atoms with Crippen molar-refractivity contribution >= 4 is 11.6 Å². The van der Waals surface area contributed by atoms with Crippen LogP contribution in [0.15, 0.2) is 36.4 Å². The fourth-order valence-corrected chi connectivity index (χ4v) is 6.33. The molecule has 4 heterocycles. The van der Waals surface area contributed by atoms with Gasteiger partial charge in [0.25, 0.3) is 0 Å². The molecule has 2 aromatic carbocycles. The Hall–Kier alpha value is -2.81. The fraction of sp³-hybridized carbons (Fsp3) is 0.567. The molecule has 38 heavy (non-hydrogen) atoms. The molecule has 1 unspecified atom stereocenters. The second kappa shape index (κ2) is 11.1. The molecule has 4 aliphatic heterocycles. The Morgan fingerprint density at radius 1 is 1.03 bits per heavy atom. The number of benzene rings is 2. The van der Waals surface area contributed by atoms with Gasteiger partial charge in [0, 0.05) is 38.4 Å². The van der Waals surface area contributed by atoms with Crippen LogP contribution < -0.4 is 19.7 Å². The molecule has 0 aliphatic carbocycles. The monoisotopic (exact) mass is 520 g/mol. The average Bonchev–Trinajstić information content (AvgIpc) is 3.64. The minimum Gasteiger partial charge on any atom is -0.486 e. The second-order valence-corrected chi connectivity index (χ2v) is 11.3. The van der Waals surface area contributed by atoms with Gasteiger partial charge >= 0.3 is 0 Å². The number of carbonyl (C=O) groups excluding carboxylic acids is 1. The number of ether oxygens (including phenoxy) is 2. The molecule has 4 aliphatic rings. The van der Waals surface area contributed by atoms with Crippen molar-refractivity contribution < 1.29 is 19.4 Å². The van der Waals surface area contributed by atoms with Crippen molar-refractivity contribution in [2.45, 2.75) is 44.4 Å². The van der Waals surface area contributed by atoms with E-state index >= 15 is 0 Å². The van der Waals surface area contributed by atoms with E-state index in [1.807, 2.05) is 18.2 Å². The fourth-order valence-electron chi connectivity index (χ4n) is 6.33. The van der Waals surface area contributed by atoms with Crippen LogP contribution in [0.25, 0.3) is 0 Å². The van der Waals surface area contributed by atoms with Gasteiger partial charge in [0.05, 0.1) is 12.0 Å². The maximum atomic E-state index is 13.5. The lowest BCUT2D eigenvalue weighted by atomic mass is 9.99. The van der Waals surface area contributed by atoms with Crippen molar-refractivity contribution in [1.29, 1.82) is 0 Å². The van der Waals surface area contributed by atoms with E-state index in [2.05, 4.69) is 45.3 Å². The number of nitrogens with zero attached hydrogens (tertiary/aromatic N) is 3. The van der Waals surface area contributed by atoms with Crippen LogP contribution in [0.2, 0.25) is 0 Å². The normalized spacial score (nSPS) is 23.2. The molecule has 2 fully saturated rings. The minimum absolute atomic E-state index is 0.0333. The Morgan fingerprint density at radius 2 is 1.84 bits per heavy atom. The van der Waals surface area contributed by atoms with Gasteiger partial charge in [-0.25, -0.2) is 0 Å². The van der Waals surface area contributed by atoms with E-state index in [4.69, 9.17) is 9.47 Å². The van der Waals surface area contributed by atoms with Gasteiger partial charge in [-0.15, -0.1) is 0 Å². The first-order valence-electron chi connectivity index (χ1n) is 14.2. The zero-order valence-corrected chi connectivity index (χ0v) is 22.4. The molecule has 0 spiro atoms. The zero-order valence-electron chi connectivity index (χ0n) is 22.4. The van der Waals surface area contributed by atoms with Gasteiger partial charge in [0.2, 0.25) is 5.91 Å². The highest BCUT2D eigenvalue weighted by molar-refractivity contribution is 5.80. The quantitative estimate of drug-likeness (QED) is 0.581. The molecule has 204 valence electrons. The summed E-state index contributed by atoms with van der Waals surface area (Å²) >= 11 is 0. The van der Waals surface area contributed by atoms with Crippen LogP contribution in [0.5, 0.6) is 11.5 Å². The smallest absolute Gasteiger partial charge is 0.225 e. The summed E-state index contributed by atoms with van der Waals surface area (Å²) in [6.45, 7) is 7.34. The van der Waals surface area contributed by atoms with Crippen molar-refractivity contribution in [1.82, 2.24) is 15.1 Å². The number of fused-ring (bicyclic) bond motifs is 2. The number of likely N-dealkylation sites (tertiary alicyclic amines) is 1. The van der Waals surface area contributed by atoms with Crippen LogP contribution in [-0.2, 0) is 17.8 Å². The number of likely N-dealkylation sites (N-methyl/N-ethyl adjacent to an activating group) is 1. The van der Waals surface area contributed by atoms with Crippen LogP contribution in [0.4, 0.5) is 5.69 Å². The van der Waals surface area contributed by atoms with E-state index in [1.54, 1.807) is 0 Å². The molecular formula is C30H40N4O4. The summed E-state index contributed by atoms with van der Waals surface area (Å²) in [5.74, 6) is 1.29. The highest BCUT2D eigenvalue weighted by Crippen LogP contribution is 2.34. The Morgan fingerprint density at radius 3 is 2.68 bits per heavy atom. The van der Waals surface area contributed by atoms with Crippen molar-refractivity contribution in [3.8, 4) is 11.5 Å². The van der Waals surface area contributed by atoms with Crippen LogP contribution in [0.3, 0.4) is 0 Å². The number of aliphatic hydroxyl groups is 1. The number of hydrogen-bond donors (Lipinski definition) is 2. The van der Waals surface area contributed by atoms with E-state index in [1.165, 1.54) is 16.8 Å². The van der Waals surface area contributed by atoms with Gasteiger partial charge < -0.3 is 34.6 Å². The Labute approximate surface area is 225 Å². The van der Waals surface area contributed by atoms with E-state index in [9.17, 15) is 9.90 Å². The second-order valence-electron chi connectivity index (χ2n) is 11.3. The zero-order chi connectivity index (χ0) is 26.1. The highest BCUT2D eigenvalue weighted by Gasteiger charge is 2.33. The number of rotatable bonds is 7. The van der Waals surface area contributed by atoms with Gasteiger partial charge in [-0.3, -0.25) is 4.79 Å². The van der Waals surface area contributed by atoms with Crippen LogP contribution in [0.1, 0.15) is 42.1 Å². The minimum atomic E-state index is -0.828. The van der Waals surface area contributed by atoms with E-state index < -0.39 is 12.1 Å². The van der Waals surface area contributed by atoms with Crippen molar-refractivity contribution in [3.05, 3.63) is 53.1 Å². The molecule has 0 saturated carbocycles. The standard InChI is InChI=1S/C30H40N4O4/c1-32-12-8-21-4-6-25(16-24(21)18-32)34-13-9-23(19-34)30(36)31-26(20-33-10-2-3-11-33)29(35)22-5-7-27-28(17-22)38-15-14-37-27/h4-7,16-17,23,26,29,35H,2-3,8-15,18-20H2,1H3,(H,31,36)/t23?,26-,29-/m1/s1. The van der Waals surface area contributed by atoms with Crippen molar-refractivity contribution in [2.75, 3.05) is 64.4 Å². The number of carbonyl (C=O) groups is 1. The Balaban J connectivity index is 1.14. The van der Waals surface area contributed by atoms with E-state index in [-0.39, 0.29) is 11.8 Å². The molecule has 1 amide bonds. The van der Waals surface area contributed by atoms with Crippen LogP contribution in [-0.4, -0.2) is 86.4 Å². The molecule has 6 rings (SSSR count). The summed E-state index contributed by atoms with van der Waals surface area (Å²) in [4.78, 5) is 20.6. The molecule has 8 heteroatoms. The summed E-state index contributed by atoms with van der Waals surface area (Å²) in [5, 5.41) is 14.7. The van der Waals surface area contributed by atoms with E-state index in [0.29, 0.717) is 37.8 Å². The Kier molecular flexibility index (Phi) is 7.45. The maximum absolute atomic E-state index is 13.5. The molecule has 2 saturated heterocycles. The third-order valence-electron chi connectivity index (χ3n) is 8.59. The van der Waals surface area contributed by atoms with Gasteiger partial charge in [-0.2, -0.15) is 0 Å². The highest BCUT2D eigenvalue weighted by atomic mass is 16.6. The molecule has 2 aromatic rings. The van der Waals surface area contributed by atoms with Crippen LogP contribution >= 0.6 is 0 Å². The van der Waals surface area contributed by atoms with Crippen molar-refractivity contribution in [3.63, 3.8) is 0 Å². The summed E-state index contributed by atoms with van der Waals surface area (Å²) in [6, 6.07) is 12.0. The molecule has 2 N–H and O–H groups in total. The van der Waals surface area contributed by atoms with Gasteiger partial charge in [0.1, 0.15) is 19.3 Å². The lowest BCUT2D eigenvalue weighted by Crippen LogP contribution is -2.48. The largest absolute Gasteiger partial charge is 0.486 e. The molecule has 0 bridgehead atoms. The molecular weight excluding hydrogens is 480 g/mol. The average molecular weight is 521 g/mol. The molecule has 8 nitrogen and oxygen atoms in total. The van der Waals surface area contributed by atoms with Gasteiger partial charge in [-0.05, 0) is 86.8 Å². The number of amides is 1. The van der Waals surface area contributed by atoms with Crippen LogP contribution in [0, 0.1) is 5.92 Å². The SMILES string of the molecule is CN1CCc2ccc(N3CCC(C(=O)N[C@H](CN4CCCC4)[C@H](O)c4ccc5c(c4)OCCO5)C3)cc2C1. The lowest BCUT2D eigenvalue weighted by molar-refractivity contribution is -0.126. The third-order valence-corrected chi connectivity index (χ3v) is 8.59. The number of aliphatic hydroxyl groups excluding tert-OH is 1. The van der Waals surface area contributed by atoms with Gasteiger partial charge in [-0.1, -0.05) is 12.1 Å². The predicted octanol–water partition coefficient (Wildman–Crippen LogP) is 2.59.